The lowest BCUT2D eigenvalue weighted by Crippen LogP contribution is -2.51. The molecule has 0 bridgehead atoms. The van der Waals surface area contributed by atoms with Crippen molar-refractivity contribution in [1.82, 2.24) is 0 Å². The number of halogens is 1. The standard InChI is InChI=1S/C22H35FN2O2/c1-21-10-8-16(25-26-13-3-12-24)14-15(21)4-5-17-18-6-7-20(27-23)22(18,2)11-9-19(17)21/h14,17-20H,3-13,24H2,1-2H3/b25-16+. The van der Waals surface area contributed by atoms with Crippen molar-refractivity contribution in [3.63, 3.8) is 0 Å². The molecule has 4 aliphatic rings. The van der Waals surface area contributed by atoms with Gasteiger partial charge in [-0.05, 0) is 98.1 Å². The summed E-state index contributed by atoms with van der Waals surface area (Å²) >= 11 is 0. The minimum atomic E-state index is -0.191. The molecule has 0 spiro atoms. The average molecular weight is 379 g/mol. The molecule has 0 radical (unpaired) electrons. The van der Waals surface area contributed by atoms with Crippen molar-refractivity contribution < 1.29 is 14.3 Å². The Labute approximate surface area is 162 Å². The van der Waals surface area contributed by atoms with Gasteiger partial charge in [-0.25, -0.2) is 0 Å². The van der Waals surface area contributed by atoms with Crippen molar-refractivity contribution in [3.8, 4) is 0 Å². The first-order valence-corrected chi connectivity index (χ1v) is 10.9. The van der Waals surface area contributed by atoms with E-state index in [0.29, 0.717) is 30.9 Å². The van der Waals surface area contributed by atoms with Gasteiger partial charge in [0.1, 0.15) is 12.7 Å². The van der Waals surface area contributed by atoms with Crippen molar-refractivity contribution in [2.24, 2.45) is 39.5 Å². The summed E-state index contributed by atoms with van der Waals surface area (Å²) in [5.41, 5.74) is 8.47. The van der Waals surface area contributed by atoms with Gasteiger partial charge in [0.05, 0.1) is 5.71 Å². The molecular formula is C22H35FN2O2. The lowest BCUT2D eigenvalue weighted by atomic mass is 9.47. The molecule has 0 aromatic carbocycles. The molecule has 0 amide bonds. The molecule has 4 nitrogen and oxygen atoms in total. The highest BCUT2D eigenvalue weighted by atomic mass is 19.3. The van der Waals surface area contributed by atoms with E-state index >= 15 is 0 Å². The number of oxime groups is 1. The van der Waals surface area contributed by atoms with E-state index in [0.717, 1.165) is 50.7 Å². The van der Waals surface area contributed by atoms with Crippen LogP contribution in [0.5, 0.6) is 0 Å². The maximum Gasteiger partial charge on any atom is 0.118 e. The lowest BCUT2D eigenvalue weighted by Gasteiger charge is -2.57. The van der Waals surface area contributed by atoms with Gasteiger partial charge in [0.25, 0.3) is 0 Å². The third kappa shape index (κ3) is 3.15. The molecular weight excluding hydrogens is 343 g/mol. The van der Waals surface area contributed by atoms with Gasteiger partial charge in [0.15, 0.2) is 0 Å². The normalized spacial score (nSPS) is 45.0. The fraction of sp³-hybridized carbons (Fsp3) is 0.864. The van der Waals surface area contributed by atoms with Crippen LogP contribution >= 0.6 is 0 Å². The zero-order valence-corrected chi connectivity index (χ0v) is 16.9. The van der Waals surface area contributed by atoms with Gasteiger partial charge < -0.3 is 10.6 Å². The van der Waals surface area contributed by atoms with Crippen LogP contribution < -0.4 is 5.73 Å². The van der Waals surface area contributed by atoms with E-state index in [4.69, 9.17) is 10.6 Å². The lowest BCUT2D eigenvalue weighted by molar-refractivity contribution is -0.221. The smallest absolute Gasteiger partial charge is 0.118 e. The number of rotatable bonds is 5. The molecule has 152 valence electrons. The fourth-order valence-electron chi connectivity index (χ4n) is 7.02. The van der Waals surface area contributed by atoms with Gasteiger partial charge in [-0.1, -0.05) is 24.6 Å². The summed E-state index contributed by atoms with van der Waals surface area (Å²) in [5.74, 6) is 2.05. The van der Waals surface area contributed by atoms with Crippen molar-refractivity contribution in [3.05, 3.63) is 11.6 Å². The van der Waals surface area contributed by atoms with E-state index in [9.17, 15) is 4.53 Å². The number of nitrogens with zero attached hydrogens (tertiary/aromatic N) is 1. The van der Waals surface area contributed by atoms with Gasteiger partial charge in [-0.2, -0.15) is 4.94 Å². The van der Waals surface area contributed by atoms with E-state index in [1.54, 1.807) is 5.57 Å². The van der Waals surface area contributed by atoms with E-state index in [1.807, 2.05) is 0 Å². The number of allylic oxidation sites excluding steroid dienone is 2. The van der Waals surface area contributed by atoms with Crippen LogP contribution in [0, 0.1) is 28.6 Å². The molecule has 0 heterocycles. The molecule has 0 aliphatic heterocycles. The molecule has 0 saturated heterocycles. The highest BCUT2D eigenvalue weighted by Crippen LogP contribution is 2.65. The van der Waals surface area contributed by atoms with Gasteiger partial charge in [-0.3, -0.25) is 0 Å². The Bertz CT molecular complexity index is 621. The van der Waals surface area contributed by atoms with Crippen LogP contribution in [0.25, 0.3) is 0 Å². The zero-order chi connectivity index (χ0) is 19.1. The summed E-state index contributed by atoms with van der Waals surface area (Å²) in [4.78, 5) is 9.86. The summed E-state index contributed by atoms with van der Waals surface area (Å²) in [7, 11) is 0. The maximum absolute atomic E-state index is 13.1. The maximum atomic E-state index is 13.1. The van der Waals surface area contributed by atoms with E-state index in [2.05, 4.69) is 30.0 Å². The molecule has 4 rings (SSSR count). The summed E-state index contributed by atoms with van der Waals surface area (Å²) in [6.45, 7) is 6.00. The van der Waals surface area contributed by atoms with Crippen molar-refractivity contribution in [2.75, 3.05) is 13.2 Å². The molecule has 4 aliphatic carbocycles. The highest BCUT2D eigenvalue weighted by molar-refractivity contribution is 5.96. The first kappa shape index (κ1) is 19.4. The SMILES string of the molecule is CC12CC/C(=N\OCCCN)C=C1CCC1C2CCC2(C)C(OF)CCC12. The van der Waals surface area contributed by atoms with Crippen LogP contribution in [0.1, 0.15) is 71.6 Å². The highest BCUT2D eigenvalue weighted by Gasteiger charge is 2.59. The minimum Gasteiger partial charge on any atom is -0.396 e. The Morgan fingerprint density at radius 1 is 1.15 bits per heavy atom. The van der Waals surface area contributed by atoms with Crippen LogP contribution in [-0.2, 0) is 9.78 Å². The minimum absolute atomic E-state index is 0.0333. The molecule has 0 aromatic heterocycles. The van der Waals surface area contributed by atoms with E-state index < -0.39 is 0 Å². The van der Waals surface area contributed by atoms with Gasteiger partial charge in [0.2, 0.25) is 0 Å². The number of nitrogens with two attached hydrogens (primary N) is 1. The summed E-state index contributed by atoms with van der Waals surface area (Å²) in [6.07, 6.45) is 11.8. The van der Waals surface area contributed by atoms with Crippen LogP contribution in [0.15, 0.2) is 16.8 Å². The molecule has 6 unspecified atom stereocenters. The first-order valence-electron chi connectivity index (χ1n) is 10.9. The largest absolute Gasteiger partial charge is 0.396 e. The third-order valence-corrected chi connectivity index (χ3v) is 8.62. The Kier molecular flexibility index (Phi) is 5.36. The fourth-order valence-corrected chi connectivity index (χ4v) is 7.02. The zero-order valence-electron chi connectivity index (χ0n) is 16.9. The van der Waals surface area contributed by atoms with Crippen LogP contribution in [0.2, 0.25) is 0 Å². The second-order valence-electron chi connectivity index (χ2n) is 9.76. The number of fused-ring (bicyclic) bond motifs is 5. The van der Waals surface area contributed by atoms with Crippen molar-refractivity contribution in [1.29, 1.82) is 0 Å². The predicted octanol–water partition coefficient (Wildman–Crippen LogP) is 4.94. The van der Waals surface area contributed by atoms with E-state index in [-0.39, 0.29) is 16.9 Å². The topological polar surface area (TPSA) is 56.8 Å². The molecule has 5 heteroatoms. The van der Waals surface area contributed by atoms with Crippen LogP contribution in [0.3, 0.4) is 0 Å². The molecule has 27 heavy (non-hydrogen) atoms. The Hall–Kier alpha value is -0.940. The number of hydrogen-bond acceptors (Lipinski definition) is 4. The molecule has 2 N–H and O–H groups in total. The molecule has 6 atom stereocenters. The number of hydrogen-bond donors (Lipinski definition) is 1. The van der Waals surface area contributed by atoms with Gasteiger partial charge >= 0.3 is 0 Å². The molecule has 3 fully saturated rings. The summed E-state index contributed by atoms with van der Waals surface area (Å²) in [6, 6.07) is 0. The summed E-state index contributed by atoms with van der Waals surface area (Å²) in [5, 5.41) is 4.36. The van der Waals surface area contributed by atoms with Crippen LogP contribution in [-0.4, -0.2) is 25.0 Å². The quantitative estimate of drug-likeness (QED) is 0.544. The van der Waals surface area contributed by atoms with Crippen molar-refractivity contribution >= 4 is 5.71 Å². The second-order valence-corrected chi connectivity index (χ2v) is 9.76. The third-order valence-electron chi connectivity index (χ3n) is 8.62. The molecule has 3 saturated carbocycles. The van der Waals surface area contributed by atoms with Crippen LogP contribution in [0.4, 0.5) is 4.53 Å². The predicted molar refractivity (Wildman–Crippen MR) is 105 cm³/mol. The Balaban J connectivity index is 1.51. The summed E-state index contributed by atoms with van der Waals surface area (Å²) < 4.78 is 13.1. The Morgan fingerprint density at radius 2 is 2.00 bits per heavy atom. The van der Waals surface area contributed by atoms with Gasteiger partial charge in [0, 0.05) is 5.41 Å². The monoisotopic (exact) mass is 378 g/mol. The van der Waals surface area contributed by atoms with Gasteiger partial charge in [-0.15, -0.1) is 0 Å². The Morgan fingerprint density at radius 3 is 2.78 bits per heavy atom. The van der Waals surface area contributed by atoms with E-state index in [1.165, 1.54) is 12.8 Å². The first-order chi connectivity index (χ1) is 13.0. The van der Waals surface area contributed by atoms with Crippen molar-refractivity contribution in [2.45, 2.75) is 77.7 Å². The average Bonchev–Trinajstić information content (AvgIpc) is 3.01. The molecule has 0 aromatic rings. The second kappa shape index (κ2) is 7.47.